The third kappa shape index (κ3) is 8.92. The Bertz CT molecular complexity index is 1320. The fourth-order valence-corrected chi connectivity index (χ4v) is 3.98. The summed E-state index contributed by atoms with van der Waals surface area (Å²) in [5.41, 5.74) is 9.02. The first-order chi connectivity index (χ1) is 17.3. The lowest BCUT2D eigenvalue weighted by molar-refractivity contribution is -0.193. The predicted octanol–water partition coefficient (Wildman–Crippen LogP) is 6.00. The van der Waals surface area contributed by atoms with E-state index in [1.165, 1.54) is 11.3 Å². The number of nitrogens with two attached hydrogens (primary N) is 1. The minimum atomic E-state index is -5.08. The highest BCUT2D eigenvalue weighted by Gasteiger charge is 2.38. The number of nitrogens with zero attached hydrogens (tertiary/aromatic N) is 1. The summed E-state index contributed by atoms with van der Waals surface area (Å²) in [4.78, 5) is 35.9. The van der Waals surface area contributed by atoms with Crippen molar-refractivity contribution in [1.29, 1.82) is 0 Å². The lowest BCUT2D eigenvalue weighted by Crippen LogP contribution is -2.22. The summed E-state index contributed by atoms with van der Waals surface area (Å²) in [6, 6.07) is 7.37. The van der Waals surface area contributed by atoms with Crippen LogP contribution >= 0.6 is 34.5 Å². The summed E-state index contributed by atoms with van der Waals surface area (Å²) in [6.07, 6.45) is -10.2. The molecule has 1 aromatic carbocycles. The van der Waals surface area contributed by atoms with Gasteiger partial charge in [-0.1, -0.05) is 41.4 Å². The number of carboxylic acids is 2. The molecule has 2 heterocycles. The van der Waals surface area contributed by atoms with E-state index in [0.29, 0.717) is 27.2 Å². The number of nitrogen functional groups attached to an aromatic ring is 1. The van der Waals surface area contributed by atoms with E-state index in [-0.39, 0.29) is 5.91 Å². The van der Waals surface area contributed by atoms with E-state index in [1.807, 2.05) is 32.0 Å². The van der Waals surface area contributed by atoms with Gasteiger partial charge in [-0.3, -0.25) is 4.79 Å². The van der Waals surface area contributed by atoms with E-state index in [9.17, 15) is 31.1 Å². The molecular weight excluding hydrogens is 591 g/mol. The number of fused-ring (bicyclic) bond motifs is 1. The summed E-state index contributed by atoms with van der Waals surface area (Å²) >= 11 is 13.6. The summed E-state index contributed by atoms with van der Waals surface area (Å²) in [6.45, 7) is 4.05. The predicted molar refractivity (Wildman–Crippen MR) is 129 cm³/mol. The van der Waals surface area contributed by atoms with Crippen LogP contribution in [0.3, 0.4) is 0 Å². The minimum Gasteiger partial charge on any atom is -0.475 e. The number of halogens is 8. The summed E-state index contributed by atoms with van der Waals surface area (Å²) < 4.78 is 63.5. The maximum atomic E-state index is 12.5. The van der Waals surface area contributed by atoms with E-state index < -0.39 is 24.3 Å². The number of aliphatic carboxylic acids is 2. The van der Waals surface area contributed by atoms with Gasteiger partial charge in [0, 0.05) is 17.0 Å². The number of thiophene rings is 1. The second-order valence-electron chi connectivity index (χ2n) is 7.04. The normalized spacial score (nSPS) is 11.1. The quantitative estimate of drug-likeness (QED) is 0.267. The number of carbonyl (C=O) groups excluding carboxylic acids is 1. The van der Waals surface area contributed by atoms with Gasteiger partial charge in [0.05, 0.1) is 16.4 Å². The topological polar surface area (TPSA) is 143 Å². The van der Waals surface area contributed by atoms with Crippen LogP contribution in [0, 0.1) is 13.8 Å². The number of anilines is 1. The molecule has 3 rings (SSSR count). The number of amides is 1. The Hall–Kier alpha value is -3.30. The van der Waals surface area contributed by atoms with Crippen molar-refractivity contribution in [2.75, 3.05) is 5.73 Å². The number of aromatic nitrogens is 1. The number of aryl methyl sites for hydroxylation is 2. The van der Waals surface area contributed by atoms with E-state index in [4.69, 9.17) is 48.7 Å². The summed E-state index contributed by atoms with van der Waals surface area (Å²) in [7, 11) is 0. The number of carboxylic acid groups (broad SMARTS) is 2. The lowest BCUT2D eigenvalue weighted by Gasteiger charge is -2.06. The van der Waals surface area contributed by atoms with Crippen LogP contribution in [0.5, 0.6) is 0 Å². The molecule has 2 aromatic heterocycles. The number of alkyl halides is 6. The first-order valence-electron chi connectivity index (χ1n) is 9.75. The van der Waals surface area contributed by atoms with Gasteiger partial charge in [0.1, 0.15) is 9.71 Å². The summed E-state index contributed by atoms with van der Waals surface area (Å²) in [5.74, 6) is -5.76. The average Bonchev–Trinajstić information content (AvgIpc) is 3.12. The zero-order valence-electron chi connectivity index (χ0n) is 19.1. The van der Waals surface area contributed by atoms with Crippen molar-refractivity contribution in [3.63, 3.8) is 0 Å². The van der Waals surface area contributed by atoms with Crippen LogP contribution in [-0.4, -0.2) is 45.4 Å². The fraction of sp³-hybridized carbons (Fsp3) is 0.238. The van der Waals surface area contributed by atoms with Crippen LogP contribution in [0.2, 0.25) is 10.0 Å². The molecule has 0 bridgehead atoms. The molecule has 0 aliphatic heterocycles. The maximum Gasteiger partial charge on any atom is 0.490 e. The van der Waals surface area contributed by atoms with E-state index in [2.05, 4.69) is 10.3 Å². The summed E-state index contributed by atoms with van der Waals surface area (Å²) in [5, 5.41) is 19.0. The Balaban J connectivity index is 0.000000426. The largest absolute Gasteiger partial charge is 0.490 e. The van der Waals surface area contributed by atoms with Crippen LogP contribution in [-0.2, 0) is 16.1 Å². The van der Waals surface area contributed by atoms with Gasteiger partial charge in [0.15, 0.2) is 0 Å². The van der Waals surface area contributed by atoms with E-state index in [1.54, 1.807) is 6.07 Å². The van der Waals surface area contributed by atoms with Gasteiger partial charge >= 0.3 is 24.3 Å². The number of benzene rings is 1. The SMILES string of the molecule is Cc1nc2sc(C(=O)NCc3ccccc3Cl)c(N)c2c(C)c1Cl.O=C(O)C(F)(F)F.O=C(O)C(F)(F)F. The van der Waals surface area contributed by atoms with Crippen molar-refractivity contribution < 1.29 is 50.9 Å². The highest BCUT2D eigenvalue weighted by atomic mass is 35.5. The van der Waals surface area contributed by atoms with Crippen LogP contribution < -0.4 is 11.1 Å². The van der Waals surface area contributed by atoms with Crippen LogP contribution in [0.15, 0.2) is 24.3 Å². The number of rotatable bonds is 3. The van der Waals surface area contributed by atoms with Gasteiger partial charge in [-0.05, 0) is 31.0 Å². The maximum absolute atomic E-state index is 12.5. The third-order valence-electron chi connectivity index (χ3n) is 4.31. The average molecular weight is 608 g/mol. The molecule has 38 heavy (non-hydrogen) atoms. The van der Waals surface area contributed by atoms with Crippen LogP contribution in [0.25, 0.3) is 10.2 Å². The molecule has 0 fully saturated rings. The number of hydrogen-bond donors (Lipinski definition) is 4. The molecule has 5 N–H and O–H groups in total. The molecule has 0 aliphatic rings. The molecule has 0 aliphatic carbocycles. The zero-order chi connectivity index (χ0) is 29.6. The van der Waals surface area contributed by atoms with Crippen molar-refractivity contribution >= 4 is 68.3 Å². The first kappa shape index (κ1) is 32.7. The van der Waals surface area contributed by atoms with Crippen LogP contribution in [0.4, 0.5) is 32.0 Å². The number of carbonyl (C=O) groups is 3. The Labute approximate surface area is 224 Å². The highest BCUT2D eigenvalue weighted by Crippen LogP contribution is 2.38. The van der Waals surface area contributed by atoms with Gasteiger partial charge < -0.3 is 21.3 Å². The molecule has 0 saturated heterocycles. The molecule has 0 spiro atoms. The smallest absolute Gasteiger partial charge is 0.475 e. The van der Waals surface area contributed by atoms with Crippen molar-refractivity contribution in [3.8, 4) is 0 Å². The van der Waals surface area contributed by atoms with Gasteiger partial charge in [-0.15, -0.1) is 11.3 Å². The second-order valence-corrected chi connectivity index (χ2v) is 8.83. The van der Waals surface area contributed by atoms with E-state index >= 15 is 0 Å². The first-order valence-corrected chi connectivity index (χ1v) is 11.3. The lowest BCUT2D eigenvalue weighted by atomic mass is 10.1. The molecule has 8 nitrogen and oxygen atoms in total. The Morgan fingerprint density at radius 3 is 1.92 bits per heavy atom. The van der Waals surface area contributed by atoms with Crippen molar-refractivity contribution in [2.45, 2.75) is 32.7 Å². The number of pyridine rings is 1. The number of hydrogen-bond acceptors (Lipinski definition) is 6. The van der Waals surface area contributed by atoms with Crippen LogP contribution in [0.1, 0.15) is 26.5 Å². The standard InChI is InChI=1S/C17H15Cl2N3OS.2C2HF3O2/c1-8-12-14(20)15(24-17(12)22-9(2)13(8)19)16(23)21-7-10-5-3-4-6-11(10)18;2*3-2(4,5)1(6)7/h3-6H,7,20H2,1-2H3,(H,21,23);2*(H,6,7). The molecule has 0 atom stereocenters. The molecular formula is C21H17Cl2F6N3O5S. The van der Waals surface area contributed by atoms with Gasteiger partial charge in [-0.2, -0.15) is 26.3 Å². The highest BCUT2D eigenvalue weighted by molar-refractivity contribution is 7.21. The molecule has 1 amide bonds. The molecule has 208 valence electrons. The van der Waals surface area contributed by atoms with Crippen molar-refractivity contribution in [2.24, 2.45) is 0 Å². The number of nitrogens with one attached hydrogen (secondary N) is 1. The molecule has 17 heteroatoms. The Kier molecular flexibility index (Phi) is 11.2. The van der Waals surface area contributed by atoms with Crippen molar-refractivity contribution in [3.05, 3.63) is 56.0 Å². The fourth-order valence-electron chi connectivity index (χ4n) is 2.52. The van der Waals surface area contributed by atoms with Gasteiger partial charge in [0.25, 0.3) is 5.91 Å². The van der Waals surface area contributed by atoms with E-state index in [0.717, 1.165) is 27.0 Å². The monoisotopic (exact) mass is 607 g/mol. The molecule has 0 unspecified atom stereocenters. The second kappa shape index (κ2) is 13.0. The van der Waals surface area contributed by atoms with Crippen molar-refractivity contribution in [1.82, 2.24) is 10.3 Å². The molecule has 3 aromatic rings. The van der Waals surface area contributed by atoms with Gasteiger partial charge in [0.2, 0.25) is 0 Å². The third-order valence-corrected chi connectivity index (χ3v) is 6.33. The Morgan fingerprint density at radius 2 is 1.47 bits per heavy atom. The minimum absolute atomic E-state index is 0.247. The van der Waals surface area contributed by atoms with Gasteiger partial charge in [-0.25, -0.2) is 14.6 Å². The molecule has 0 radical (unpaired) electrons. The molecule has 0 saturated carbocycles. The zero-order valence-corrected chi connectivity index (χ0v) is 21.4. The Morgan fingerprint density at radius 1 is 1.00 bits per heavy atom.